The number of ether oxygens (including phenoxy) is 1. The van der Waals surface area contributed by atoms with Crippen LogP contribution in [0.25, 0.3) is 0 Å². The van der Waals surface area contributed by atoms with Gasteiger partial charge in [0.1, 0.15) is 5.75 Å². The fourth-order valence-corrected chi connectivity index (χ4v) is 1.84. The fraction of sp³-hybridized carbons (Fsp3) is 0.250. The smallest absolute Gasteiger partial charge is 0.115 e. The lowest BCUT2D eigenvalue weighted by atomic mass is 10.1. The van der Waals surface area contributed by atoms with Crippen molar-refractivity contribution in [2.75, 3.05) is 11.9 Å². The molecule has 3 heteroatoms. The molecule has 2 rings (SSSR count). The van der Waals surface area contributed by atoms with Gasteiger partial charge in [-0.25, -0.2) is 0 Å². The average molecular weight is 257 g/mol. The molecule has 0 heterocycles. The molecule has 0 unspecified atom stereocenters. The van der Waals surface area contributed by atoms with Gasteiger partial charge in [-0.1, -0.05) is 30.3 Å². The minimum absolute atomic E-state index is 0.292. The molecule has 0 aromatic heterocycles. The molecule has 0 saturated heterocycles. The van der Waals surface area contributed by atoms with Gasteiger partial charge in [0.25, 0.3) is 0 Å². The standard InChI is InChI=1S/C16H19NO2/c1-2-19-12-14-5-3-4-6-16(14)17-11-13-7-9-15(18)10-8-13/h3-10,17-18H,2,11-12H2,1H3. The molecule has 100 valence electrons. The number of hydrogen-bond acceptors (Lipinski definition) is 3. The minimum Gasteiger partial charge on any atom is -0.508 e. The normalized spacial score (nSPS) is 10.4. The topological polar surface area (TPSA) is 41.5 Å². The second-order valence-corrected chi connectivity index (χ2v) is 4.31. The van der Waals surface area contributed by atoms with Crippen molar-refractivity contribution in [1.82, 2.24) is 0 Å². The maximum Gasteiger partial charge on any atom is 0.115 e. The lowest BCUT2D eigenvalue weighted by Crippen LogP contribution is -2.03. The zero-order valence-electron chi connectivity index (χ0n) is 11.1. The van der Waals surface area contributed by atoms with Crippen LogP contribution in [0.4, 0.5) is 5.69 Å². The lowest BCUT2D eigenvalue weighted by Gasteiger charge is -2.12. The molecule has 0 aliphatic heterocycles. The molecule has 0 aliphatic rings. The second kappa shape index (κ2) is 6.81. The van der Waals surface area contributed by atoms with Crippen LogP contribution < -0.4 is 5.32 Å². The molecule has 0 saturated carbocycles. The molecule has 0 atom stereocenters. The Kier molecular flexibility index (Phi) is 4.81. The summed E-state index contributed by atoms with van der Waals surface area (Å²) in [6.07, 6.45) is 0. The summed E-state index contributed by atoms with van der Waals surface area (Å²) in [5, 5.41) is 12.6. The van der Waals surface area contributed by atoms with Crippen molar-refractivity contribution in [3.8, 4) is 5.75 Å². The molecule has 0 fully saturated rings. The van der Waals surface area contributed by atoms with Crippen molar-refractivity contribution in [2.45, 2.75) is 20.1 Å². The van der Waals surface area contributed by atoms with Crippen molar-refractivity contribution in [2.24, 2.45) is 0 Å². The monoisotopic (exact) mass is 257 g/mol. The van der Waals surface area contributed by atoms with Gasteiger partial charge in [0.15, 0.2) is 0 Å². The van der Waals surface area contributed by atoms with Crippen LogP contribution in [-0.4, -0.2) is 11.7 Å². The molecule has 0 aliphatic carbocycles. The first-order valence-corrected chi connectivity index (χ1v) is 6.47. The molecule has 2 aromatic carbocycles. The van der Waals surface area contributed by atoms with Gasteiger partial charge >= 0.3 is 0 Å². The molecule has 19 heavy (non-hydrogen) atoms. The summed E-state index contributed by atoms with van der Waals surface area (Å²) in [5.74, 6) is 0.292. The van der Waals surface area contributed by atoms with E-state index in [1.807, 2.05) is 31.2 Å². The van der Waals surface area contributed by atoms with Gasteiger partial charge in [-0.2, -0.15) is 0 Å². The van der Waals surface area contributed by atoms with E-state index in [1.165, 1.54) is 0 Å². The third-order valence-corrected chi connectivity index (χ3v) is 2.90. The van der Waals surface area contributed by atoms with E-state index in [9.17, 15) is 5.11 Å². The Labute approximate surface area is 113 Å². The van der Waals surface area contributed by atoms with E-state index >= 15 is 0 Å². The number of anilines is 1. The third-order valence-electron chi connectivity index (χ3n) is 2.90. The van der Waals surface area contributed by atoms with Gasteiger partial charge in [0.2, 0.25) is 0 Å². The van der Waals surface area contributed by atoms with Crippen molar-refractivity contribution in [1.29, 1.82) is 0 Å². The molecule has 2 N–H and O–H groups in total. The Hall–Kier alpha value is -2.00. The first-order chi connectivity index (χ1) is 9.29. The van der Waals surface area contributed by atoms with Crippen LogP contribution in [-0.2, 0) is 17.9 Å². The average Bonchev–Trinajstić information content (AvgIpc) is 2.45. The Morgan fingerprint density at radius 3 is 2.53 bits per heavy atom. The molecule has 0 amide bonds. The SMILES string of the molecule is CCOCc1ccccc1NCc1ccc(O)cc1. The van der Waals surface area contributed by atoms with Crippen molar-refractivity contribution in [3.05, 3.63) is 59.7 Å². The molecule has 0 spiro atoms. The summed E-state index contributed by atoms with van der Waals surface area (Å²) in [7, 11) is 0. The summed E-state index contributed by atoms with van der Waals surface area (Å²) in [5.41, 5.74) is 3.37. The van der Waals surface area contributed by atoms with Crippen molar-refractivity contribution in [3.63, 3.8) is 0 Å². The Bertz CT molecular complexity index is 508. The van der Waals surface area contributed by atoms with Gasteiger partial charge in [0.05, 0.1) is 6.61 Å². The van der Waals surface area contributed by atoms with Crippen molar-refractivity contribution < 1.29 is 9.84 Å². The van der Waals surface area contributed by atoms with Crippen LogP contribution in [0.2, 0.25) is 0 Å². The zero-order valence-corrected chi connectivity index (χ0v) is 11.1. The van der Waals surface area contributed by atoms with Gasteiger partial charge < -0.3 is 15.2 Å². The maximum absolute atomic E-state index is 9.25. The van der Waals surface area contributed by atoms with Crippen molar-refractivity contribution >= 4 is 5.69 Å². The van der Waals surface area contributed by atoms with E-state index in [0.29, 0.717) is 19.0 Å². The van der Waals surface area contributed by atoms with E-state index in [0.717, 1.165) is 23.4 Å². The van der Waals surface area contributed by atoms with E-state index in [2.05, 4.69) is 17.4 Å². The van der Waals surface area contributed by atoms with E-state index in [-0.39, 0.29) is 0 Å². The number of benzene rings is 2. The largest absolute Gasteiger partial charge is 0.508 e. The van der Waals surface area contributed by atoms with E-state index in [1.54, 1.807) is 12.1 Å². The van der Waals surface area contributed by atoms with Gasteiger partial charge in [-0.15, -0.1) is 0 Å². The summed E-state index contributed by atoms with van der Waals surface area (Å²) in [6.45, 7) is 4.05. The lowest BCUT2D eigenvalue weighted by molar-refractivity contribution is 0.134. The predicted molar refractivity (Wildman–Crippen MR) is 77.2 cm³/mol. The highest BCUT2D eigenvalue weighted by atomic mass is 16.5. The fourth-order valence-electron chi connectivity index (χ4n) is 1.84. The predicted octanol–water partition coefficient (Wildman–Crippen LogP) is 3.54. The number of para-hydroxylation sites is 1. The van der Waals surface area contributed by atoms with Crippen LogP contribution in [0.5, 0.6) is 5.75 Å². The van der Waals surface area contributed by atoms with Crippen LogP contribution in [0.3, 0.4) is 0 Å². The maximum atomic E-state index is 9.25. The van der Waals surface area contributed by atoms with Crippen LogP contribution in [0.1, 0.15) is 18.1 Å². The quantitative estimate of drug-likeness (QED) is 0.831. The minimum atomic E-state index is 0.292. The Morgan fingerprint density at radius 1 is 1.05 bits per heavy atom. The zero-order chi connectivity index (χ0) is 13.5. The molecule has 0 radical (unpaired) electrons. The van der Waals surface area contributed by atoms with E-state index < -0.39 is 0 Å². The summed E-state index contributed by atoms with van der Waals surface area (Å²) >= 11 is 0. The molecule has 0 bridgehead atoms. The van der Waals surface area contributed by atoms with Gasteiger partial charge in [-0.05, 0) is 30.7 Å². The summed E-state index contributed by atoms with van der Waals surface area (Å²) in [6, 6.07) is 15.4. The van der Waals surface area contributed by atoms with Crippen LogP contribution in [0.15, 0.2) is 48.5 Å². The van der Waals surface area contributed by atoms with Gasteiger partial charge in [0, 0.05) is 24.4 Å². The number of rotatable bonds is 6. The highest BCUT2D eigenvalue weighted by molar-refractivity contribution is 5.51. The molecular formula is C16H19NO2. The first-order valence-electron chi connectivity index (χ1n) is 6.47. The third kappa shape index (κ3) is 4.00. The highest BCUT2D eigenvalue weighted by Gasteiger charge is 2.01. The molecule has 2 aromatic rings. The van der Waals surface area contributed by atoms with E-state index in [4.69, 9.17) is 4.74 Å². The number of nitrogens with one attached hydrogen (secondary N) is 1. The number of phenolic OH excluding ortho intramolecular Hbond substituents is 1. The Morgan fingerprint density at radius 2 is 1.79 bits per heavy atom. The number of aromatic hydroxyl groups is 1. The van der Waals surface area contributed by atoms with Gasteiger partial charge in [-0.3, -0.25) is 0 Å². The van der Waals surface area contributed by atoms with Crippen LogP contribution >= 0.6 is 0 Å². The summed E-state index contributed by atoms with van der Waals surface area (Å²) in [4.78, 5) is 0. The number of hydrogen-bond donors (Lipinski definition) is 2. The highest BCUT2D eigenvalue weighted by Crippen LogP contribution is 2.18. The first kappa shape index (κ1) is 13.4. The molecule has 3 nitrogen and oxygen atoms in total. The summed E-state index contributed by atoms with van der Waals surface area (Å²) < 4.78 is 5.45. The molecular weight excluding hydrogens is 238 g/mol. The second-order valence-electron chi connectivity index (χ2n) is 4.31. The van der Waals surface area contributed by atoms with Crippen LogP contribution in [0, 0.1) is 0 Å². The Balaban J connectivity index is 2.00. The number of phenols is 1.